The highest BCUT2D eigenvalue weighted by molar-refractivity contribution is 7.99. The Bertz CT molecular complexity index is 422. The molecule has 1 aliphatic rings. The molecule has 1 heterocycles. The molecular weight excluding hydrogens is 282 g/mol. The van der Waals surface area contributed by atoms with E-state index in [-0.39, 0.29) is 0 Å². The Balaban J connectivity index is 1.82. The standard InChI is InChI=1S/C16H27N3OS/c1-13-10-14(11-17-8-9-20-2)19-16(18-13)12-21-15-6-4-3-5-7-15/h10,15,17H,3-9,11-12H2,1-2H3. The third kappa shape index (κ3) is 6.32. The first-order valence-electron chi connectivity index (χ1n) is 7.92. The Morgan fingerprint density at radius 3 is 2.86 bits per heavy atom. The van der Waals surface area contributed by atoms with Crippen molar-refractivity contribution in [2.45, 2.75) is 56.6 Å². The fraction of sp³-hybridized carbons (Fsp3) is 0.750. The van der Waals surface area contributed by atoms with Crippen LogP contribution in [-0.2, 0) is 17.0 Å². The molecule has 21 heavy (non-hydrogen) atoms. The topological polar surface area (TPSA) is 47.0 Å². The highest BCUT2D eigenvalue weighted by Gasteiger charge is 2.14. The molecule has 1 aromatic rings. The van der Waals surface area contributed by atoms with Gasteiger partial charge in [-0.1, -0.05) is 19.3 Å². The number of methoxy groups -OCH3 is 1. The summed E-state index contributed by atoms with van der Waals surface area (Å²) < 4.78 is 5.03. The summed E-state index contributed by atoms with van der Waals surface area (Å²) in [4.78, 5) is 9.26. The third-order valence-corrected chi connectivity index (χ3v) is 5.11. The van der Waals surface area contributed by atoms with Gasteiger partial charge < -0.3 is 10.1 Å². The Morgan fingerprint density at radius 1 is 1.29 bits per heavy atom. The molecule has 0 aliphatic heterocycles. The summed E-state index contributed by atoms with van der Waals surface area (Å²) in [6.07, 6.45) is 6.92. The Kier molecular flexibility index (Phi) is 7.47. The van der Waals surface area contributed by atoms with E-state index in [4.69, 9.17) is 4.74 Å². The molecule has 5 heteroatoms. The van der Waals surface area contributed by atoms with Crippen molar-refractivity contribution in [2.24, 2.45) is 0 Å². The predicted octanol–water partition coefficient (Wildman–Crippen LogP) is 3.09. The van der Waals surface area contributed by atoms with E-state index in [1.54, 1.807) is 7.11 Å². The second kappa shape index (κ2) is 9.38. The van der Waals surface area contributed by atoms with Crippen LogP contribution < -0.4 is 5.32 Å². The highest BCUT2D eigenvalue weighted by atomic mass is 32.2. The van der Waals surface area contributed by atoms with E-state index in [1.165, 1.54) is 32.1 Å². The molecule has 1 aromatic heterocycles. The zero-order valence-corrected chi connectivity index (χ0v) is 14.0. The average Bonchev–Trinajstić information content (AvgIpc) is 2.50. The molecule has 1 N–H and O–H groups in total. The maximum absolute atomic E-state index is 5.03. The van der Waals surface area contributed by atoms with E-state index in [0.29, 0.717) is 0 Å². The van der Waals surface area contributed by atoms with Gasteiger partial charge in [0, 0.05) is 31.1 Å². The van der Waals surface area contributed by atoms with Crippen LogP contribution in [0.3, 0.4) is 0 Å². The molecule has 1 fully saturated rings. The highest BCUT2D eigenvalue weighted by Crippen LogP contribution is 2.29. The van der Waals surface area contributed by atoms with Crippen LogP contribution in [0.4, 0.5) is 0 Å². The monoisotopic (exact) mass is 309 g/mol. The molecule has 118 valence electrons. The van der Waals surface area contributed by atoms with Crippen molar-refractivity contribution in [3.8, 4) is 0 Å². The first-order chi connectivity index (χ1) is 10.3. The smallest absolute Gasteiger partial charge is 0.138 e. The molecule has 0 unspecified atom stereocenters. The lowest BCUT2D eigenvalue weighted by Crippen LogP contribution is -2.20. The molecule has 0 saturated heterocycles. The van der Waals surface area contributed by atoms with Crippen LogP contribution in [0.1, 0.15) is 49.3 Å². The van der Waals surface area contributed by atoms with Gasteiger partial charge in [-0.2, -0.15) is 11.8 Å². The third-order valence-electron chi connectivity index (χ3n) is 3.74. The van der Waals surface area contributed by atoms with Gasteiger partial charge in [0.25, 0.3) is 0 Å². The van der Waals surface area contributed by atoms with Crippen LogP contribution in [0, 0.1) is 6.92 Å². The fourth-order valence-corrected chi connectivity index (χ4v) is 3.85. The van der Waals surface area contributed by atoms with Crippen molar-refractivity contribution in [1.82, 2.24) is 15.3 Å². The van der Waals surface area contributed by atoms with E-state index in [0.717, 1.165) is 47.9 Å². The summed E-state index contributed by atoms with van der Waals surface area (Å²) in [5, 5.41) is 4.15. The second-order valence-electron chi connectivity index (χ2n) is 5.66. The minimum atomic E-state index is 0.731. The quantitative estimate of drug-likeness (QED) is 0.748. The van der Waals surface area contributed by atoms with Gasteiger partial charge in [0.1, 0.15) is 5.82 Å². The van der Waals surface area contributed by atoms with Crippen molar-refractivity contribution >= 4 is 11.8 Å². The summed E-state index contributed by atoms with van der Waals surface area (Å²) in [6.45, 7) is 4.42. The van der Waals surface area contributed by atoms with E-state index in [1.807, 2.05) is 11.8 Å². The molecule has 1 saturated carbocycles. The van der Waals surface area contributed by atoms with Gasteiger partial charge in [-0.25, -0.2) is 9.97 Å². The van der Waals surface area contributed by atoms with E-state index >= 15 is 0 Å². The van der Waals surface area contributed by atoms with Crippen molar-refractivity contribution in [1.29, 1.82) is 0 Å². The lowest BCUT2D eigenvalue weighted by Gasteiger charge is -2.20. The average molecular weight is 309 g/mol. The summed E-state index contributed by atoms with van der Waals surface area (Å²) in [5.41, 5.74) is 2.14. The second-order valence-corrected chi connectivity index (χ2v) is 6.95. The summed E-state index contributed by atoms with van der Waals surface area (Å²) >= 11 is 2.03. The number of aryl methyl sites for hydroxylation is 1. The normalized spacial score (nSPS) is 16.3. The zero-order chi connectivity index (χ0) is 14.9. The molecule has 0 spiro atoms. The molecule has 4 nitrogen and oxygen atoms in total. The van der Waals surface area contributed by atoms with Crippen LogP contribution >= 0.6 is 11.8 Å². The maximum Gasteiger partial charge on any atom is 0.138 e. The largest absolute Gasteiger partial charge is 0.383 e. The molecule has 1 aliphatic carbocycles. The number of aromatic nitrogens is 2. The van der Waals surface area contributed by atoms with E-state index in [2.05, 4.69) is 28.3 Å². The molecule has 0 bridgehead atoms. The Labute approximate surface area is 132 Å². The minimum absolute atomic E-state index is 0.731. The van der Waals surface area contributed by atoms with Crippen LogP contribution in [0.5, 0.6) is 0 Å². The number of ether oxygens (including phenoxy) is 1. The van der Waals surface area contributed by atoms with Gasteiger partial charge in [0.15, 0.2) is 0 Å². The summed E-state index contributed by atoms with van der Waals surface area (Å²) in [5.74, 6) is 1.92. The lowest BCUT2D eigenvalue weighted by atomic mass is 10.0. The molecular formula is C16H27N3OS. The molecule has 0 atom stereocenters. The van der Waals surface area contributed by atoms with Crippen LogP contribution in [0.2, 0.25) is 0 Å². The van der Waals surface area contributed by atoms with Crippen LogP contribution in [-0.4, -0.2) is 35.5 Å². The van der Waals surface area contributed by atoms with Crippen molar-refractivity contribution in [3.63, 3.8) is 0 Å². The summed E-state index contributed by atoms with van der Waals surface area (Å²) in [7, 11) is 1.72. The van der Waals surface area contributed by atoms with Gasteiger partial charge >= 0.3 is 0 Å². The molecule has 0 amide bonds. The van der Waals surface area contributed by atoms with Gasteiger partial charge in [0.2, 0.25) is 0 Å². The number of hydrogen-bond acceptors (Lipinski definition) is 5. The van der Waals surface area contributed by atoms with Gasteiger partial charge in [-0.05, 0) is 25.8 Å². The number of nitrogens with zero attached hydrogens (tertiary/aromatic N) is 2. The van der Waals surface area contributed by atoms with Crippen LogP contribution in [0.15, 0.2) is 6.07 Å². The number of rotatable bonds is 8. The number of hydrogen-bond donors (Lipinski definition) is 1. The Morgan fingerprint density at radius 2 is 2.10 bits per heavy atom. The SMILES string of the molecule is COCCNCc1cc(C)nc(CSC2CCCCC2)n1. The number of thioether (sulfide) groups is 1. The lowest BCUT2D eigenvalue weighted by molar-refractivity contribution is 0.199. The predicted molar refractivity (Wildman–Crippen MR) is 88.5 cm³/mol. The van der Waals surface area contributed by atoms with Crippen molar-refractivity contribution in [3.05, 3.63) is 23.3 Å². The maximum atomic E-state index is 5.03. The van der Waals surface area contributed by atoms with Crippen LogP contribution in [0.25, 0.3) is 0 Å². The van der Waals surface area contributed by atoms with E-state index < -0.39 is 0 Å². The first kappa shape index (κ1) is 16.7. The Hall–Kier alpha value is -0.650. The fourth-order valence-electron chi connectivity index (χ4n) is 2.67. The number of nitrogens with one attached hydrogen (secondary N) is 1. The molecule has 2 rings (SSSR count). The van der Waals surface area contributed by atoms with Gasteiger partial charge in [-0.3, -0.25) is 0 Å². The summed E-state index contributed by atoms with van der Waals surface area (Å²) in [6, 6.07) is 2.06. The molecule has 0 radical (unpaired) electrons. The van der Waals surface area contributed by atoms with Crippen molar-refractivity contribution in [2.75, 3.05) is 20.3 Å². The van der Waals surface area contributed by atoms with Gasteiger partial charge in [0.05, 0.1) is 18.1 Å². The van der Waals surface area contributed by atoms with Gasteiger partial charge in [-0.15, -0.1) is 0 Å². The first-order valence-corrected chi connectivity index (χ1v) is 8.97. The molecule has 0 aromatic carbocycles. The zero-order valence-electron chi connectivity index (χ0n) is 13.2. The minimum Gasteiger partial charge on any atom is -0.383 e. The van der Waals surface area contributed by atoms with Crippen molar-refractivity contribution < 1.29 is 4.74 Å². The van der Waals surface area contributed by atoms with E-state index in [9.17, 15) is 0 Å².